The minimum absolute atomic E-state index is 0.0318. The molecule has 1 aromatic carbocycles. The van der Waals surface area contributed by atoms with Crippen molar-refractivity contribution in [3.05, 3.63) is 66.1 Å². The van der Waals surface area contributed by atoms with E-state index in [9.17, 15) is 9.18 Å². The second-order valence-corrected chi connectivity index (χ2v) is 9.65. The number of nitrogens with one attached hydrogen (secondary N) is 2. The molecule has 0 aliphatic carbocycles. The van der Waals surface area contributed by atoms with Gasteiger partial charge < -0.3 is 15.4 Å². The molecule has 2 unspecified atom stereocenters. The Balaban J connectivity index is 1.23. The number of hydrogen-bond donors (Lipinski definition) is 2. The fraction of sp³-hybridized carbons (Fsp3) is 0.280. The smallest absolute Gasteiger partial charge is 0.316 e. The summed E-state index contributed by atoms with van der Waals surface area (Å²) in [6.07, 6.45) is 6.92. The molecule has 0 saturated carbocycles. The van der Waals surface area contributed by atoms with Gasteiger partial charge in [-0.3, -0.25) is 9.78 Å². The summed E-state index contributed by atoms with van der Waals surface area (Å²) in [6.45, 7) is 3.12. The van der Waals surface area contributed by atoms with E-state index in [0.717, 1.165) is 41.8 Å². The molecule has 2 atom stereocenters. The Bertz CT molecular complexity index is 1400. The van der Waals surface area contributed by atoms with Crippen molar-refractivity contribution in [1.29, 1.82) is 0 Å². The molecule has 184 valence electrons. The van der Waals surface area contributed by atoms with E-state index in [4.69, 9.17) is 4.74 Å². The molecule has 1 fully saturated rings. The molecule has 1 aliphatic rings. The third kappa shape index (κ3) is 4.78. The summed E-state index contributed by atoms with van der Waals surface area (Å²) in [4.78, 5) is 33.6. The van der Waals surface area contributed by atoms with E-state index in [1.165, 1.54) is 13.4 Å². The molecule has 9 nitrogen and oxygen atoms in total. The van der Waals surface area contributed by atoms with Gasteiger partial charge in [0.05, 0.1) is 29.6 Å². The number of rotatable bonds is 8. The largest absolute Gasteiger partial charge is 0.464 e. The van der Waals surface area contributed by atoms with Gasteiger partial charge in [0.15, 0.2) is 5.82 Å². The van der Waals surface area contributed by atoms with Gasteiger partial charge in [0.2, 0.25) is 0 Å². The standard InChI is InChI=1S/C25H24FN7O2S/c1-3-35-25-30-9-14(10-31-25)19-8-21(33-13-32-19)28-11-15-7-20(36-15)16-5-4-6-17-22(24(34)27-2)18(26)12-29-23(16)17/h4-6,8-10,12-13,15,20H,3,7,11H2,1-2H3,(H,27,34)(H,28,32,33). The minimum Gasteiger partial charge on any atom is -0.464 e. The van der Waals surface area contributed by atoms with Gasteiger partial charge in [0.25, 0.3) is 5.91 Å². The first-order valence-electron chi connectivity index (χ1n) is 11.5. The lowest BCUT2D eigenvalue weighted by Crippen LogP contribution is -2.28. The van der Waals surface area contributed by atoms with Crippen LogP contribution in [0.2, 0.25) is 0 Å². The Hall–Kier alpha value is -3.86. The highest BCUT2D eigenvalue weighted by atomic mass is 32.2. The number of thioether (sulfide) groups is 1. The van der Waals surface area contributed by atoms with Crippen molar-refractivity contribution < 1.29 is 13.9 Å². The van der Waals surface area contributed by atoms with Gasteiger partial charge in [-0.05, 0) is 18.9 Å². The summed E-state index contributed by atoms with van der Waals surface area (Å²) < 4.78 is 19.6. The Morgan fingerprint density at radius 3 is 2.72 bits per heavy atom. The highest BCUT2D eigenvalue weighted by Gasteiger charge is 2.33. The number of anilines is 1. The summed E-state index contributed by atoms with van der Waals surface area (Å²) in [5, 5.41) is 7.01. The second kappa shape index (κ2) is 10.4. The maximum absolute atomic E-state index is 14.3. The zero-order valence-corrected chi connectivity index (χ0v) is 20.6. The summed E-state index contributed by atoms with van der Waals surface area (Å²) >= 11 is 1.82. The third-order valence-corrected chi connectivity index (χ3v) is 7.41. The lowest BCUT2D eigenvalue weighted by Gasteiger charge is -2.35. The van der Waals surface area contributed by atoms with Gasteiger partial charge in [-0.1, -0.05) is 18.2 Å². The molecule has 4 heterocycles. The van der Waals surface area contributed by atoms with Crippen molar-refractivity contribution in [3.63, 3.8) is 0 Å². The summed E-state index contributed by atoms with van der Waals surface area (Å²) in [5.74, 6) is -0.361. The number of para-hydroxylation sites is 1. The van der Waals surface area contributed by atoms with Crippen LogP contribution >= 0.6 is 11.8 Å². The lowest BCUT2D eigenvalue weighted by atomic mass is 9.99. The predicted molar refractivity (Wildman–Crippen MR) is 137 cm³/mol. The van der Waals surface area contributed by atoms with E-state index in [-0.39, 0.29) is 10.8 Å². The number of fused-ring (bicyclic) bond motifs is 1. The highest BCUT2D eigenvalue weighted by molar-refractivity contribution is 8.01. The van der Waals surface area contributed by atoms with Crippen molar-refractivity contribution in [2.24, 2.45) is 0 Å². The number of ether oxygens (including phenoxy) is 1. The number of carbonyl (C=O) groups is 1. The zero-order valence-electron chi connectivity index (χ0n) is 19.7. The van der Waals surface area contributed by atoms with Crippen LogP contribution in [0.5, 0.6) is 6.01 Å². The Kier molecular flexibility index (Phi) is 6.90. The molecule has 1 saturated heterocycles. The zero-order chi connectivity index (χ0) is 25.1. The van der Waals surface area contributed by atoms with Crippen LogP contribution in [0, 0.1) is 5.82 Å². The SMILES string of the molecule is CCOc1ncc(-c2cc(NCC3CC(c4cccc5c(C(=O)NC)c(F)cnc45)S3)ncn2)cn1. The third-order valence-electron chi connectivity index (χ3n) is 5.89. The number of nitrogens with zero attached hydrogens (tertiary/aromatic N) is 5. The van der Waals surface area contributed by atoms with Crippen LogP contribution < -0.4 is 15.4 Å². The van der Waals surface area contributed by atoms with Gasteiger partial charge in [-0.25, -0.2) is 24.3 Å². The van der Waals surface area contributed by atoms with Crippen molar-refractivity contribution in [3.8, 4) is 17.3 Å². The Morgan fingerprint density at radius 1 is 1.17 bits per heavy atom. The summed E-state index contributed by atoms with van der Waals surface area (Å²) in [6, 6.07) is 7.79. The molecule has 0 radical (unpaired) electrons. The summed E-state index contributed by atoms with van der Waals surface area (Å²) in [7, 11) is 1.49. The molecule has 2 N–H and O–H groups in total. The fourth-order valence-corrected chi connectivity index (χ4v) is 5.38. The quantitative estimate of drug-likeness (QED) is 0.366. The molecule has 36 heavy (non-hydrogen) atoms. The van der Waals surface area contributed by atoms with Crippen LogP contribution in [-0.4, -0.2) is 56.3 Å². The van der Waals surface area contributed by atoms with Crippen molar-refractivity contribution in [2.75, 3.05) is 25.5 Å². The average molecular weight is 506 g/mol. The Morgan fingerprint density at radius 2 is 1.97 bits per heavy atom. The van der Waals surface area contributed by atoms with Crippen LogP contribution in [0.25, 0.3) is 22.2 Å². The first kappa shape index (κ1) is 23.9. The fourth-order valence-electron chi connectivity index (χ4n) is 4.11. The van der Waals surface area contributed by atoms with Gasteiger partial charge in [-0.2, -0.15) is 0 Å². The number of aromatic nitrogens is 5. The predicted octanol–water partition coefficient (Wildman–Crippen LogP) is 4.04. The van der Waals surface area contributed by atoms with Gasteiger partial charge >= 0.3 is 6.01 Å². The number of amides is 1. The molecule has 11 heteroatoms. The molecule has 4 aromatic rings. The van der Waals surface area contributed by atoms with Crippen LogP contribution in [0.1, 0.15) is 34.5 Å². The molecule has 0 bridgehead atoms. The molecule has 1 aliphatic heterocycles. The highest BCUT2D eigenvalue weighted by Crippen LogP contribution is 2.50. The molecule has 3 aromatic heterocycles. The molecule has 5 rings (SSSR count). The minimum atomic E-state index is -0.622. The van der Waals surface area contributed by atoms with E-state index in [1.807, 2.05) is 36.9 Å². The van der Waals surface area contributed by atoms with E-state index in [2.05, 4.69) is 35.6 Å². The number of pyridine rings is 1. The number of carbonyl (C=O) groups excluding carboxylic acids is 1. The first-order chi connectivity index (χ1) is 17.6. The van der Waals surface area contributed by atoms with Gasteiger partial charge in [0, 0.05) is 53.5 Å². The first-order valence-corrected chi connectivity index (χ1v) is 12.5. The monoisotopic (exact) mass is 505 g/mol. The van der Waals surface area contributed by atoms with E-state index in [1.54, 1.807) is 18.5 Å². The summed E-state index contributed by atoms with van der Waals surface area (Å²) in [5.41, 5.74) is 3.20. The molecule has 0 spiro atoms. The maximum atomic E-state index is 14.3. The average Bonchev–Trinajstić information content (AvgIpc) is 2.88. The van der Waals surface area contributed by atoms with Crippen LogP contribution in [0.15, 0.2) is 49.2 Å². The van der Waals surface area contributed by atoms with Crippen molar-refractivity contribution in [2.45, 2.75) is 23.8 Å². The maximum Gasteiger partial charge on any atom is 0.316 e. The van der Waals surface area contributed by atoms with E-state index in [0.29, 0.717) is 28.8 Å². The van der Waals surface area contributed by atoms with Crippen LogP contribution in [0.3, 0.4) is 0 Å². The second-order valence-electron chi connectivity index (χ2n) is 8.14. The van der Waals surface area contributed by atoms with Crippen molar-refractivity contribution in [1.82, 2.24) is 30.2 Å². The van der Waals surface area contributed by atoms with Gasteiger partial charge in [0.1, 0.15) is 12.1 Å². The van der Waals surface area contributed by atoms with Gasteiger partial charge in [-0.15, -0.1) is 11.8 Å². The topological polar surface area (TPSA) is 115 Å². The Labute approximate surface area is 211 Å². The lowest BCUT2D eigenvalue weighted by molar-refractivity contribution is 0.0960. The van der Waals surface area contributed by atoms with Crippen molar-refractivity contribution >= 4 is 34.4 Å². The molecule has 1 amide bonds. The number of benzene rings is 1. The molecular weight excluding hydrogens is 481 g/mol. The molecular formula is C25H24FN7O2S. The van der Waals surface area contributed by atoms with Crippen LogP contribution in [0.4, 0.5) is 10.2 Å². The van der Waals surface area contributed by atoms with Crippen LogP contribution in [-0.2, 0) is 0 Å². The number of halogens is 1. The number of hydrogen-bond acceptors (Lipinski definition) is 9. The normalized spacial score (nSPS) is 16.9. The van der Waals surface area contributed by atoms with E-state index < -0.39 is 11.7 Å². The van der Waals surface area contributed by atoms with E-state index >= 15 is 0 Å².